The summed E-state index contributed by atoms with van der Waals surface area (Å²) >= 11 is 0. The molecule has 2 aliphatic heterocycles. The molecule has 1 aromatic heterocycles. The summed E-state index contributed by atoms with van der Waals surface area (Å²) in [5.41, 5.74) is 3.11. The van der Waals surface area contributed by atoms with E-state index in [0.717, 1.165) is 22.3 Å². The van der Waals surface area contributed by atoms with Gasteiger partial charge in [0, 0.05) is 24.7 Å². The Labute approximate surface area is 217 Å². The lowest BCUT2D eigenvalue weighted by Crippen LogP contribution is -2.52. The lowest BCUT2D eigenvalue weighted by Gasteiger charge is -2.31. The zero-order valence-electron chi connectivity index (χ0n) is 20.6. The molecule has 190 valence electrons. The number of imide groups is 1. The molecule has 1 saturated heterocycles. The molecule has 1 fully saturated rings. The number of amides is 4. The van der Waals surface area contributed by atoms with E-state index in [0.29, 0.717) is 29.2 Å². The molecule has 2 N–H and O–H groups in total. The predicted molar refractivity (Wildman–Crippen MR) is 136 cm³/mol. The highest BCUT2D eigenvalue weighted by atomic mass is 16.5. The molecule has 4 aromatic rings. The Kier molecular flexibility index (Phi) is 5.41. The number of carbonyl (C=O) groups is 3. The third-order valence-electron chi connectivity index (χ3n) is 7.04. The number of aromatic nitrogens is 4. The van der Waals surface area contributed by atoms with Crippen LogP contribution in [0.2, 0.25) is 0 Å². The fourth-order valence-electron chi connectivity index (χ4n) is 5.10. The van der Waals surface area contributed by atoms with Gasteiger partial charge in [0.05, 0.1) is 13.7 Å². The molecule has 6 rings (SSSR count). The Morgan fingerprint density at radius 3 is 2.39 bits per heavy atom. The van der Waals surface area contributed by atoms with Gasteiger partial charge in [-0.3, -0.25) is 14.9 Å². The first kappa shape index (κ1) is 23.3. The SMILES string of the molecule is COc1ccc2c(c1)C(=O)N(C[C@@]1(c3ccc(-c4ccccc4-c4nnnn4C)cc3)NC(=O)NC1=O)C2. The fourth-order valence-corrected chi connectivity index (χ4v) is 5.10. The summed E-state index contributed by atoms with van der Waals surface area (Å²) in [6.07, 6.45) is 0. The molecule has 0 saturated carbocycles. The minimum absolute atomic E-state index is 0.0268. The molecule has 11 heteroatoms. The van der Waals surface area contributed by atoms with Gasteiger partial charge in [0.2, 0.25) is 0 Å². The molecule has 1 atom stereocenters. The van der Waals surface area contributed by atoms with Crippen molar-refractivity contribution >= 4 is 17.8 Å². The molecule has 0 radical (unpaired) electrons. The van der Waals surface area contributed by atoms with E-state index in [1.807, 2.05) is 42.5 Å². The van der Waals surface area contributed by atoms with Crippen molar-refractivity contribution in [2.24, 2.45) is 7.05 Å². The normalized spacial score (nSPS) is 18.4. The molecular formula is C27H23N7O4. The topological polar surface area (TPSA) is 131 Å². The van der Waals surface area contributed by atoms with Gasteiger partial charge in [-0.25, -0.2) is 9.48 Å². The van der Waals surface area contributed by atoms with E-state index in [9.17, 15) is 14.4 Å². The van der Waals surface area contributed by atoms with Crippen molar-refractivity contribution in [2.45, 2.75) is 12.1 Å². The smallest absolute Gasteiger partial charge is 0.322 e. The van der Waals surface area contributed by atoms with E-state index in [1.54, 1.807) is 48.0 Å². The van der Waals surface area contributed by atoms with Gasteiger partial charge in [0.15, 0.2) is 11.4 Å². The lowest BCUT2D eigenvalue weighted by atomic mass is 9.87. The Morgan fingerprint density at radius 1 is 0.974 bits per heavy atom. The lowest BCUT2D eigenvalue weighted by molar-refractivity contribution is -0.124. The number of hydrogen-bond donors (Lipinski definition) is 2. The first-order valence-electron chi connectivity index (χ1n) is 11.9. The van der Waals surface area contributed by atoms with Crippen molar-refractivity contribution < 1.29 is 19.1 Å². The molecule has 0 spiro atoms. The van der Waals surface area contributed by atoms with E-state index in [2.05, 4.69) is 26.2 Å². The summed E-state index contributed by atoms with van der Waals surface area (Å²) < 4.78 is 6.86. The number of ether oxygens (including phenoxy) is 1. The van der Waals surface area contributed by atoms with E-state index in [-0.39, 0.29) is 12.5 Å². The molecule has 2 aliphatic rings. The van der Waals surface area contributed by atoms with E-state index in [4.69, 9.17) is 4.74 Å². The number of carbonyl (C=O) groups excluding carboxylic acids is 3. The average Bonchev–Trinajstić information content (AvgIpc) is 3.59. The molecular weight excluding hydrogens is 486 g/mol. The Hall–Kier alpha value is -5.06. The van der Waals surface area contributed by atoms with Crippen LogP contribution in [0.5, 0.6) is 5.75 Å². The number of hydrogen-bond acceptors (Lipinski definition) is 7. The van der Waals surface area contributed by atoms with Crippen LogP contribution in [0, 0.1) is 0 Å². The summed E-state index contributed by atoms with van der Waals surface area (Å²) in [7, 11) is 3.31. The first-order chi connectivity index (χ1) is 18.4. The van der Waals surface area contributed by atoms with Crippen LogP contribution in [-0.2, 0) is 23.9 Å². The summed E-state index contributed by atoms with van der Waals surface area (Å²) in [4.78, 5) is 40.3. The zero-order valence-corrected chi connectivity index (χ0v) is 20.6. The number of fused-ring (bicyclic) bond motifs is 1. The van der Waals surface area contributed by atoms with Gasteiger partial charge in [0.25, 0.3) is 11.8 Å². The second-order valence-electron chi connectivity index (χ2n) is 9.25. The van der Waals surface area contributed by atoms with Crippen molar-refractivity contribution in [1.29, 1.82) is 0 Å². The van der Waals surface area contributed by atoms with Crippen LogP contribution in [0.4, 0.5) is 4.79 Å². The van der Waals surface area contributed by atoms with E-state index in [1.165, 1.54) is 0 Å². The summed E-state index contributed by atoms with van der Waals surface area (Å²) in [5.74, 6) is 0.457. The Bertz CT molecular complexity index is 1600. The van der Waals surface area contributed by atoms with Gasteiger partial charge in [-0.15, -0.1) is 5.10 Å². The fraction of sp³-hybridized carbons (Fsp3) is 0.185. The standard InChI is InChI=1S/C27H23N7O4/c1-33-23(30-31-32-33)21-6-4-3-5-20(21)16-7-10-18(11-8-16)27(25(36)28-26(37)29-27)15-34-14-17-9-12-19(38-2)13-22(17)24(34)35/h3-13H,14-15H2,1-2H3,(H2,28,29,36,37)/t27-/m0/s1. The van der Waals surface area contributed by atoms with Gasteiger partial charge in [0.1, 0.15) is 5.75 Å². The van der Waals surface area contributed by atoms with Crippen LogP contribution in [0.25, 0.3) is 22.5 Å². The third-order valence-corrected chi connectivity index (χ3v) is 7.04. The van der Waals surface area contributed by atoms with Crippen LogP contribution in [0.15, 0.2) is 66.7 Å². The van der Waals surface area contributed by atoms with Crippen LogP contribution in [-0.4, -0.2) is 56.6 Å². The van der Waals surface area contributed by atoms with E-state index < -0.39 is 17.5 Å². The highest BCUT2D eigenvalue weighted by Crippen LogP contribution is 2.35. The van der Waals surface area contributed by atoms with Crippen LogP contribution >= 0.6 is 0 Å². The number of methoxy groups -OCH3 is 1. The maximum absolute atomic E-state index is 13.2. The number of nitrogens with zero attached hydrogens (tertiary/aromatic N) is 5. The second-order valence-corrected chi connectivity index (χ2v) is 9.25. The highest BCUT2D eigenvalue weighted by molar-refractivity contribution is 6.08. The van der Waals surface area contributed by atoms with Crippen LogP contribution in [0.3, 0.4) is 0 Å². The van der Waals surface area contributed by atoms with Crippen LogP contribution < -0.4 is 15.4 Å². The molecule has 3 aromatic carbocycles. The first-order valence-corrected chi connectivity index (χ1v) is 11.9. The number of nitrogens with one attached hydrogen (secondary N) is 2. The number of tetrazole rings is 1. The highest BCUT2D eigenvalue weighted by Gasteiger charge is 2.50. The predicted octanol–water partition coefficient (Wildman–Crippen LogP) is 2.24. The number of benzene rings is 3. The van der Waals surface area contributed by atoms with Crippen molar-refractivity contribution in [2.75, 3.05) is 13.7 Å². The number of urea groups is 1. The summed E-state index contributed by atoms with van der Waals surface area (Å²) in [6.45, 7) is 0.293. The molecule has 4 amide bonds. The average molecular weight is 510 g/mol. The van der Waals surface area contributed by atoms with Crippen LogP contribution in [0.1, 0.15) is 21.5 Å². The quantitative estimate of drug-likeness (QED) is 0.381. The van der Waals surface area contributed by atoms with Crippen molar-refractivity contribution in [3.8, 4) is 28.3 Å². The third kappa shape index (κ3) is 3.67. The summed E-state index contributed by atoms with van der Waals surface area (Å²) in [6, 6.07) is 19.8. The Morgan fingerprint density at radius 2 is 1.74 bits per heavy atom. The minimum atomic E-state index is -1.44. The Balaban J connectivity index is 1.35. The van der Waals surface area contributed by atoms with Gasteiger partial charge >= 0.3 is 6.03 Å². The van der Waals surface area contributed by atoms with Gasteiger partial charge < -0.3 is 15.0 Å². The molecule has 3 heterocycles. The van der Waals surface area contributed by atoms with Gasteiger partial charge in [-0.05, 0) is 44.8 Å². The van der Waals surface area contributed by atoms with Crippen molar-refractivity contribution in [3.05, 3.63) is 83.4 Å². The van der Waals surface area contributed by atoms with Gasteiger partial charge in [-0.2, -0.15) is 0 Å². The largest absolute Gasteiger partial charge is 0.497 e. The van der Waals surface area contributed by atoms with Crippen molar-refractivity contribution in [3.63, 3.8) is 0 Å². The van der Waals surface area contributed by atoms with E-state index >= 15 is 0 Å². The van der Waals surface area contributed by atoms with Crippen molar-refractivity contribution in [1.82, 2.24) is 35.7 Å². The molecule has 0 unspecified atom stereocenters. The molecule has 0 bridgehead atoms. The molecule has 38 heavy (non-hydrogen) atoms. The monoisotopic (exact) mass is 509 g/mol. The number of aryl methyl sites for hydroxylation is 1. The molecule has 11 nitrogen and oxygen atoms in total. The minimum Gasteiger partial charge on any atom is -0.497 e. The maximum Gasteiger partial charge on any atom is 0.322 e. The maximum atomic E-state index is 13.2. The molecule has 0 aliphatic carbocycles. The van der Waals surface area contributed by atoms with Gasteiger partial charge in [-0.1, -0.05) is 54.6 Å². The second kappa shape index (κ2) is 8.80. The number of rotatable bonds is 6. The zero-order chi connectivity index (χ0) is 26.4. The summed E-state index contributed by atoms with van der Waals surface area (Å²) in [5, 5.41) is 16.9.